The van der Waals surface area contributed by atoms with E-state index in [1.807, 2.05) is 48.5 Å². The van der Waals surface area contributed by atoms with E-state index in [2.05, 4.69) is 5.32 Å². The van der Waals surface area contributed by atoms with Gasteiger partial charge in [-0.2, -0.15) is 0 Å². The maximum Gasteiger partial charge on any atom is 0.412 e. The zero-order valence-electron chi connectivity index (χ0n) is 26.5. The number of nitrogens with one attached hydrogen (secondary N) is 1. The van der Waals surface area contributed by atoms with Gasteiger partial charge >= 0.3 is 18.2 Å². The van der Waals surface area contributed by atoms with Gasteiger partial charge in [-0.05, 0) is 70.7 Å². The molecule has 0 saturated heterocycles. The fourth-order valence-electron chi connectivity index (χ4n) is 5.38. The Labute approximate surface area is 267 Å². The Hall–Kier alpha value is -4.38. The van der Waals surface area contributed by atoms with Crippen LogP contribution in [0, 0.1) is 0 Å². The first-order valence-electron chi connectivity index (χ1n) is 14.9. The highest BCUT2D eigenvalue weighted by Gasteiger charge is 2.41. The van der Waals surface area contributed by atoms with Crippen LogP contribution in [0.2, 0.25) is 0 Å². The summed E-state index contributed by atoms with van der Waals surface area (Å²) >= 11 is 1.20. The van der Waals surface area contributed by atoms with Crippen molar-refractivity contribution < 1.29 is 33.4 Å². The predicted molar refractivity (Wildman–Crippen MR) is 170 cm³/mol. The van der Waals surface area contributed by atoms with Crippen molar-refractivity contribution >= 4 is 40.4 Å². The van der Waals surface area contributed by atoms with E-state index in [1.165, 1.54) is 11.3 Å². The number of fused-ring (bicyclic) bond motifs is 2. The molecular formula is C34H39N3O7S. The van der Waals surface area contributed by atoms with Gasteiger partial charge in [-0.1, -0.05) is 48.5 Å². The van der Waals surface area contributed by atoms with Crippen molar-refractivity contribution in [2.75, 3.05) is 11.9 Å². The number of amides is 3. The molecule has 45 heavy (non-hydrogen) atoms. The number of hydrogen-bond acceptors (Lipinski definition) is 8. The molecule has 2 aromatic carbocycles. The van der Waals surface area contributed by atoms with Crippen molar-refractivity contribution in [3.05, 3.63) is 87.3 Å². The number of carbonyl (C=O) groups is 4. The van der Waals surface area contributed by atoms with Crippen LogP contribution in [0.15, 0.2) is 54.6 Å². The number of esters is 1. The maximum absolute atomic E-state index is 13.7. The fourth-order valence-corrected chi connectivity index (χ4v) is 6.59. The monoisotopic (exact) mass is 633 g/mol. The minimum absolute atomic E-state index is 0.0558. The predicted octanol–water partition coefficient (Wildman–Crippen LogP) is 6.77. The first kappa shape index (κ1) is 32.0. The molecule has 0 bridgehead atoms. The van der Waals surface area contributed by atoms with Crippen LogP contribution >= 0.6 is 11.3 Å². The second-order valence-electron chi connectivity index (χ2n) is 13.2. The highest BCUT2D eigenvalue weighted by molar-refractivity contribution is 7.17. The van der Waals surface area contributed by atoms with Crippen LogP contribution in [-0.2, 0) is 40.3 Å². The number of rotatable bonds is 6. The Morgan fingerprint density at radius 1 is 0.911 bits per heavy atom. The van der Waals surface area contributed by atoms with E-state index >= 15 is 0 Å². The molecule has 1 unspecified atom stereocenters. The second-order valence-corrected chi connectivity index (χ2v) is 14.3. The minimum atomic E-state index is -0.790. The molecule has 1 aromatic heterocycles. The van der Waals surface area contributed by atoms with Gasteiger partial charge in [-0.3, -0.25) is 15.0 Å². The lowest BCUT2D eigenvalue weighted by Gasteiger charge is -2.38. The molecule has 10 nitrogen and oxygen atoms in total. The van der Waals surface area contributed by atoms with E-state index < -0.39 is 35.4 Å². The SMILES string of the molecule is CC(C)(C)OC(=O)c1c(NC(=O)OCc2ccccc2)sc2c1CC(CN1Cc3ccccc3C1=O)N(C(=O)OC(C)(C)C)C2. The molecule has 1 N–H and O–H groups in total. The molecule has 0 radical (unpaired) electrons. The van der Waals surface area contributed by atoms with Crippen LogP contribution in [0.5, 0.6) is 0 Å². The van der Waals surface area contributed by atoms with Gasteiger partial charge in [0.1, 0.15) is 22.8 Å². The van der Waals surface area contributed by atoms with Gasteiger partial charge in [0.25, 0.3) is 5.91 Å². The molecule has 0 aliphatic carbocycles. The third-order valence-electron chi connectivity index (χ3n) is 7.27. The molecule has 2 aliphatic heterocycles. The number of anilines is 1. The molecule has 11 heteroatoms. The standard InChI is InChI=1S/C34H39N3O7S/c1-33(2,3)43-30(39)27-25-16-23(18-36-17-22-14-10-11-15-24(22)29(36)38)37(32(41)44-34(4,5)6)19-26(25)45-28(27)35-31(40)42-20-21-12-8-7-9-13-21/h7-15,23H,16-20H2,1-6H3,(H,35,40). The molecule has 238 valence electrons. The Bertz CT molecular complexity index is 1600. The van der Waals surface area contributed by atoms with Crippen LogP contribution in [0.4, 0.5) is 14.6 Å². The van der Waals surface area contributed by atoms with Gasteiger partial charge < -0.3 is 19.1 Å². The number of thiophene rings is 1. The van der Waals surface area contributed by atoms with Gasteiger partial charge in [0.05, 0.1) is 18.2 Å². The van der Waals surface area contributed by atoms with Gasteiger partial charge in [0.15, 0.2) is 0 Å². The van der Waals surface area contributed by atoms with E-state index in [0.717, 1.165) is 11.1 Å². The lowest BCUT2D eigenvalue weighted by atomic mass is 9.95. The summed E-state index contributed by atoms with van der Waals surface area (Å²) < 4.78 is 17.0. The average Bonchev–Trinajstić information content (AvgIpc) is 3.46. The number of hydrogen-bond donors (Lipinski definition) is 1. The first-order chi connectivity index (χ1) is 21.2. The van der Waals surface area contributed by atoms with E-state index in [0.29, 0.717) is 22.5 Å². The summed E-state index contributed by atoms with van der Waals surface area (Å²) in [5, 5.41) is 3.03. The zero-order chi connectivity index (χ0) is 32.5. The molecule has 1 atom stereocenters. The summed E-state index contributed by atoms with van der Waals surface area (Å²) in [7, 11) is 0. The smallest absolute Gasteiger partial charge is 0.412 e. The summed E-state index contributed by atoms with van der Waals surface area (Å²) in [6, 6.07) is 16.2. The Balaban J connectivity index is 1.46. The highest BCUT2D eigenvalue weighted by Crippen LogP contribution is 2.41. The highest BCUT2D eigenvalue weighted by atomic mass is 32.1. The molecule has 0 saturated carbocycles. The number of benzene rings is 2. The van der Waals surface area contributed by atoms with E-state index in [1.54, 1.807) is 57.4 Å². The molecule has 5 rings (SSSR count). The van der Waals surface area contributed by atoms with Gasteiger partial charge in [-0.15, -0.1) is 11.3 Å². The van der Waals surface area contributed by atoms with Gasteiger partial charge in [0, 0.05) is 23.5 Å². The van der Waals surface area contributed by atoms with Crippen LogP contribution in [-0.4, -0.2) is 57.7 Å². The first-order valence-corrected chi connectivity index (χ1v) is 15.7. The van der Waals surface area contributed by atoms with Crippen molar-refractivity contribution in [2.24, 2.45) is 0 Å². The molecule has 0 spiro atoms. The van der Waals surface area contributed by atoms with Crippen molar-refractivity contribution in [3.8, 4) is 0 Å². The van der Waals surface area contributed by atoms with Crippen molar-refractivity contribution in [2.45, 2.75) is 84.9 Å². The number of nitrogens with zero attached hydrogens (tertiary/aromatic N) is 2. The summed E-state index contributed by atoms with van der Waals surface area (Å²) in [5.41, 5.74) is 1.75. The normalized spacial score (nSPS) is 16.1. The molecular weight excluding hydrogens is 594 g/mol. The molecule has 0 fully saturated rings. The van der Waals surface area contributed by atoms with E-state index in [-0.39, 0.29) is 42.6 Å². The molecule has 3 heterocycles. The lowest BCUT2D eigenvalue weighted by Crippen LogP contribution is -2.51. The van der Waals surface area contributed by atoms with Crippen LogP contribution in [0.25, 0.3) is 0 Å². The largest absolute Gasteiger partial charge is 0.456 e. The molecule has 2 aliphatic rings. The summed E-state index contributed by atoms with van der Waals surface area (Å²) in [5.74, 6) is -0.700. The quantitative estimate of drug-likeness (QED) is 0.235. The van der Waals surface area contributed by atoms with Crippen molar-refractivity contribution in [3.63, 3.8) is 0 Å². The summed E-state index contributed by atoms with van der Waals surface area (Å²) in [4.78, 5) is 57.5. The van der Waals surface area contributed by atoms with Crippen LogP contribution < -0.4 is 5.32 Å². The maximum atomic E-state index is 13.7. The van der Waals surface area contributed by atoms with Crippen molar-refractivity contribution in [1.29, 1.82) is 0 Å². The third-order valence-corrected chi connectivity index (χ3v) is 8.40. The average molecular weight is 634 g/mol. The second kappa shape index (κ2) is 12.5. The van der Waals surface area contributed by atoms with Crippen LogP contribution in [0.3, 0.4) is 0 Å². The molecule has 3 amide bonds. The Morgan fingerprint density at radius 3 is 2.24 bits per heavy atom. The number of ether oxygens (including phenoxy) is 3. The zero-order valence-corrected chi connectivity index (χ0v) is 27.3. The fraction of sp³-hybridized carbons (Fsp3) is 0.412. The van der Waals surface area contributed by atoms with Gasteiger partial charge in [0.2, 0.25) is 0 Å². The third kappa shape index (κ3) is 7.65. The molecule has 3 aromatic rings. The Morgan fingerprint density at radius 2 is 1.58 bits per heavy atom. The van der Waals surface area contributed by atoms with Crippen LogP contribution in [0.1, 0.15) is 83.8 Å². The summed E-state index contributed by atoms with van der Waals surface area (Å²) in [6.07, 6.45) is -0.991. The van der Waals surface area contributed by atoms with E-state index in [9.17, 15) is 19.2 Å². The topological polar surface area (TPSA) is 114 Å². The van der Waals surface area contributed by atoms with E-state index in [4.69, 9.17) is 14.2 Å². The number of carbonyl (C=O) groups excluding carboxylic acids is 4. The van der Waals surface area contributed by atoms with Crippen molar-refractivity contribution in [1.82, 2.24) is 9.80 Å². The Kier molecular flexibility index (Phi) is 8.93. The lowest BCUT2D eigenvalue weighted by molar-refractivity contribution is 0.00611. The summed E-state index contributed by atoms with van der Waals surface area (Å²) in [6.45, 7) is 11.5. The minimum Gasteiger partial charge on any atom is -0.456 e. The van der Waals surface area contributed by atoms with Gasteiger partial charge in [-0.25, -0.2) is 14.4 Å².